The van der Waals surface area contributed by atoms with E-state index in [1.807, 2.05) is 25.9 Å². The van der Waals surface area contributed by atoms with Crippen LogP contribution in [0.4, 0.5) is 0 Å². The van der Waals surface area contributed by atoms with Crippen LogP contribution in [0.5, 0.6) is 0 Å². The van der Waals surface area contributed by atoms with Crippen LogP contribution in [0, 0.1) is 0 Å². The lowest BCUT2D eigenvalue weighted by Crippen LogP contribution is -2.33. The molecule has 6 nitrogen and oxygen atoms in total. The van der Waals surface area contributed by atoms with Crippen molar-refractivity contribution in [3.8, 4) is 0 Å². The standard InChI is InChI=1S/C12H24N4O2S/c1-5-13-9-11-8-12(10-14-11)19(17,18)16(4)7-6-15(2)3/h8,10,13-14H,5-7,9H2,1-4H3. The Morgan fingerprint density at radius 3 is 2.53 bits per heavy atom. The first kappa shape index (κ1) is 16.2. The Labute approximate surface area is 115 Å². The summed E-state index contributed by atoms with van der Waals surface area (Å²) in [6, 6.07) is 1.68. The van der Waals surface area contributed by atoms with Gasteiger partial charge in [-0.15, -0.1) is 0 Å². The normalized spacial score (nSPS) is 12.5. The van der Waals surface area contributed by atoms with E-state index in [1.165, 1.54) is 4.31 Å². The molecule has 1 heterocycles. The van der Waals surface area contributed by atoms with Crippen LogP contribution >= 0.6 is 0 Å². The molecule has 0 saturated heterocycles. The maximum Gasteiger partial charge on any atom is 0.244 e. The quantitative estimate of drug-likeness (QED) is 0.722. The zero-order valence-electron chi connectivity index (χ0n) is 12.1. The summed E-state index contributed by atoms with van der Waals surface area (Å²) in [6.45, 7) is 4.68. The number of hydrogen-bond donors (Lipinski definition) is 2. The first-order valence-corrected chi connectivity index (χ1v) is 7.81. The highest BCUT2D eigenvalue weighted by atomic mass is 32.2. The molecular formula is C12H24N4O2S. The highest BCUT2D eigenvalue weighted by Gasteiger charge is 2.21. The van der Waals surface area contributed by atoms with Gasteiger partial charge in [-0.2, -0.15) is 4.31 Å². The van der Waals surface area contributed by atoms with Gasteiger partial charge < -0.3 is 15.2 Å². The summed E-state index contributed by atoms with van der Waals surface area (Å²) in [5.41, 5.74) is 0.876. The fourth-order valence-electron chi connectivity index (χ4n) is 1.57. The smallest absolute Gasteiger partial charge is 0.244 e. The predicted molar refractivity (Wildman–Crippen MR) is 76.5 cm³/mol. The Morgan fingerprint density at radius 1 is 1.26 bits per heavy atom. The number of rotatable bonds is 8. The number of nitrogens with zero attached hydrogens (tertiary/aromatic N) is 2. The van der Waals surface area contributed by atoms with Crippen molar-refractivity contribution in [2.24, 2.45) is 0 Å². The largest absolute Gasteiger partial charge is 0.363 e. The maximum absolute atomic E-state index is 12.3. The van der Waals surface area contributed by atoms with Crippen LogP contribution in [-0.4, -0.2) is 63.4 Å². The minimum absolute atomic E-state index is 0.321. The van der Waals surface area contributed by atoms with E-state index in [2.05, 4.69) is 10.3 Å². The summed E-state index contributed by atoms with van der Waals surface area (Å²) in [4.78, 5) is 5.27. The van der Waals surface area contributed by atoms with Crippen molar-refractivity contribution >= 4 is 10.0 Å². The van der Waals surface area contributed by atoms with Crippen LogP contribution < -0.4 is 5.32 Å². The van der Waals surface area contributed by atoms with Gasteiger partial charge in [0.15, 0.2) is 0 Å². The van der Waals surface area contributed by atoms with Gasteiger partial charge in [0.05, 0.1) is 4.90 Å². The molecular weight excluding hydrogens is 264 g/mol. The number of hydrogen-bond acceptors (Lipinski definition) is 4. The van der Waals surface area contributed by atoms with E-state index < -0.39 is 10.0 Å². The molecule has 7 heteroatoms. The third kappa shape index (κ3) is 4.61. The summed E-state index contributed by atoms with van der Waals surface area (Å²) in [5, 5.41) is 3.15. The summed E-state index contributed by atoms with van der Waals surface area (Å²) < 4.78 is 26.0. The average Bonchev–Trinajstić information content (AvgIpc) is 2.82. The monoisotopic (exact) mass is 288 g/mol. The summed E-state index contributed by atoms with van der Waals surface area (Å²) >= 11 is 0. The summed E-state index contributed by atoms with van der Waals surface area (Å²) in [7, 11) is 2.06. The molecule has 0 unspecified atom stereocenters. The van der Waals surface area contributed by atoms with E-state index in [9.17, 15) is 8.42 Å². The molecule has 19 heavy (non-hydrogen) atoms. The second-order valence-electron chi connectivity index (χ2n) is 4.77. The molecule has 1 rings (SSSR count). The number of sulfonamides is 1. The third-order valence-electron chi connectivity index (χ3n) is 2.85. The fraction of sp³-hybridized carbons (Fsp3) is 0.667. The summed E-state index contributed by atoms with van der Waals surface area (Å²) in [5.74, 6) is 0. The third-order valence-corrected chi connectivity index (χ3v) is 4.69. The molecule has 0 aliphatic carbocycles. The van der Waals surface area contributed by atoms with E-state index in [4.69, 9.17) is 0 Å². The highest BCUT2D eigenvalue weighted by Crippen LogP contribution is 2.15. The molecule has 0 radical (unpaired) electrons. The summed E-state index contributed by atoms with van der Waals surface area (Å²) in [6.07, 6.45) is 1.55. The van der Waals surface area contributed by atoms with Crippen molar-refractivity contribution in [2.75, 3.05) is 40.8 Å². The SMILES string of the molecule is CCNCc1cc(S(=O)(=O)N(C)CCN(C)C)c[nH]1. The van der Waals surface area contributed by atoms with E-state index in [1.54, 1.807) is 19.3 Å². The minimum Gasteiger partial charge on any atom is -0.363 e. The van der Waals surface area contributed by atoms with Gasteiger partial charge in [0.2, 0.25) is 10.0 Å². The number of nitrogens with one attached hydrogen (secondary N) is 2. The first-order chi connectivity index (χ1) is 8.87. The Morgan fingerprint density at radius 2 is 1.95 bits per heavy atom. The van der Waals surface area contributed by atoms with Crippen molar-refractivity contribution in [3.05, 3.63) is 18.0 Å². The molecule has 1 aromatic heterocycles. The van der Waals surface area contributed by atoms with Gasteiger partial charge in [-0.05, 0) is 26.7 Å². The van der Waals surface area contributed by atoms with E-state index >= 15 is 0 Å². The molecule has 0 aliphatic rings. The number of likely N-dealkylation sites (N-methyl/N-ethyl adjacent to an activating group) is 2. The molecule has 0 bridgehead atoms. The molecule has 0 spiro atoms. The van der Waals surface area contributed by atoms with Crippen molar-refractivity contribution in [3.63, 3.8) is 0 Å². The number of aromatic nitrogens is 1. The molecule has 0 amide bonds. The Balaban J connectivity index is 2.73. The average molecular weight is 288 g/mol. The lowest BCUT2D eigenvalue weighted by Gasteiger charge is -2.18. The van der Waals surface area contributed by atoms with Gasteiger partial charge in [-0.3, -0.25) is 0 Å². The molecule has 1 aromatic rings. The number of aromatic amines is 1. The predicted octanol–water partition coefficient (Wildman–Crippen LogP) is 0.306. The van der Waals surface area contributed by atoms with Crippen molar-refractivity contribution in [2.45, 2.75) is 18.4 Å². The minimum atomic E-state index is -3.39. The van der Waals surface area contributed by atoms with Gasteiger partial charge >= 0.3 is 0 Å². The van der Waals surface area contributed by atoms with Crippen LogP contribution in [-0.2, 0) is 16.6 Å². The molecule has 0 aromatic carbocycles. The van der Waals surface area contributed by atoms with Crippen LogP contribution in [0.25, 0.3) is 0 Å². The van der Waals surface area contributed by atoms with Crippen LogP contribution in [0.15, 0.2) is 17.2 Å². The molecule has 110 valence electrons. The number of H-pyrrole nitrogens is 1. The van der Waals surface area contributed by atoms with Crippen LogP contribution in [0.3, 0.4) is 0 Å². The van der Waals surface area contributed by atoms with Gasteiger partial charge in [-0.1, -0.05) is 6.92 Å². The fourth-order valence-corrected chi connectivity index (χ4v) is 2.75. The van der Waals surface area contributed by atoms with Gasteiger partial charge in [0, 0.05) is 38.6 Å². The van der Waals surface area contributed by atoms with E-state index in [0.717, 1.165) is 12.2 Å². The maximum atomic E-state index is 12.3. The highest BCUT2D eigenvalue weighted by molar-refractivity contribution is 7.89. The molecule has 0 atom stereocenters. The van der Waals surface area contributed by atoms with Crippen molar-refractivity contribution < 1.29 is 8.42 Å². The lowest BCUT2D eigenvalue weighted by atomic mass is 10.4. The molecule has 0 saturated carbocycles. The first-order valence-electron chi connectivity index (χ1n) is 6.37. The van der Waals surface area contributed by atoms with Gasteiger partial charge in [0.25, 0.3) is 0 Å². The van der Waals surface area contributed by atoms with Crippen LogP contribution in [0.2, 0.25) is 0 Å². The van der Waals surface area contributed by atoms with Gasteiger partial charge in [0.1, 0.15) is 0 Å². The molecule has 2 N–H and O–H groups in total. The molecule has 0 aliphatic heterocycles. The second-order valence-corrected chi connectivity index (χ2v) is 6.82. The Hall–Kier alpha value is -0.890. The lowest BCUT2D eigenvalue weighted by molar-refractivity contribution is 0.358. The van der Waals surface area contributed by atoms with Gasteiger partial charge in [-0.25, -0.2) is 8.42 Å². The van der Waals surface area contributed by atoms with Crippen molar-refractivity contribution in [1.29, 1.82) is 0 Å². The zero-order chi connectivity index (χ0) is 14.5. The Bertz CT molecular complexity index is 482. The van der Waals surface area contributed by atoms with E-state index in [-0.39, 0.29) is 0 Å². The van der Waals surface area contributed by atoms with Crippen molar-refractivity contribution in [1.82, 2.24) is 19.5 Å². The van der Waals surface area contributed by atoms with Crippen LogP contribution in [0.1, 0.15) is 12.6 Å². The Kier molecular flexibility index (Phi) is 5.99. The van der Waals surface area contributed by atoms with E-state index in [0.29, 0.717) is 24.5 Å². The topological polar surface area (TPSA) is 68.4 Å². The molecule has 0 fully saturated rings. The second kappa shape index (κ2) is 7.04. The zero-order valence-corrected chi connectivity index (χ0v) is 12.9.